The van der Waals surface area contributed by atoms with Gasteiger partial charge in [0.2, 0.25) is 0 Å². The highest BCUT2D eigenvalue weighted by Crippen LogP contribution is 2.54. The average Bonchev–Trinajstić information content (AvgIpc) is 3.03. The molecule has 1 aliphatic carbocycles. The van der Waals surface area contributed by atoms with Gasteiger partial charge in [0.05, 0.1) is 0 Å². The molecular formula is C31H34. The molecule has 0 saturated heterocycles. The van der Waals surface area contributed by atoms with E-state index in [1.165, 1.54) is 70.2 Å². The van der Waals surface area contributed by atoms with E-state index >= 15 is 0 Å². The molecule has 0 aromatic heterocycles. The molecule has 31 heavy (non-hydrogen) atoms. The fourth-order valence-electron chi connectivity index (χ4n) is 5.32. The Kier molecular flexibility index (Phi) is 6.28. The molecule has 0 saturated carbocycles. The van der Waals surface area contributed by atoms with Gasteiger partial charge in [-0.15, -0.1) is 0 Å². The topological polar surface area (TPSA) is 0 Å². The summed E-state index contributed by atoms with van der Waals surface area (Å²) in [5.74, 6) is 0. The van der Waals surface area contributed by atoms with E-state index in [2.05, 4.69) is 113 Å². The number of benzene rings is 3. The third kappa shape index (κ3) is 4.04. The highest BCUT2D eigenvalue weighted by Gasteiger charge is 2.41. The molecule has 0 atom stereocenters. The number of aryl methyl sites for hydroxylation is 1. The molecule has 0 unspecified atom stereocenters. The fourth-order valence-corrected chi connectivity index (χ4v) is 5.32. The van der Waals surface area contributed by atoms with Crippen LogP contribution in [-0.2, 0) is 5.41 Å². The first kappa shape index (κ1) is 21.4. The van der Waals surface area contributed by atoms with Gasteiger partial charge in [0.25, 0.3) is 0 Å². The van der Waals surface area contributed by atoms with Gasteiger partial charge in [0.1, 0.15) is 0 Å². The van der Waals surface area contributed by atoms with Crippen LogP contribution in [0.25, 0.3) is 29.4 Å². The molecule has 0 radical (unpaired) electrons. The summed E-state index contributed by atoms with van der Waals surface area (Å²) in [5, 5.41) is 0. The summed E-state index contributed by atoms with van der Waals surface area (Å²) in [6.07, 6.45) is 13.6. The number of hydrogen-bond acceptors (Lipinski definition) is 0. The number of fused-ring (bicyclic) bond motifs is 3. The first-order valence-corrected chi connectivity index (χ1v) is 11.8. The first-order chi connectivity index (χ1) is 15.1. The SMILES string of the molecule is C/C=C/c1ccc2c(c1)C(CCC)(CCC)c1cc(/C=C/c3ccc(C)cc3)ccc1-2. The number of rotatable bonds is 7. The second-order valence-corrected chi connectivity index (χ2v) is 8.94. The van der Waals surface area contributed by atoms with Crippen LogP contribution in [0.5, 0.6) is 0 Å². The van der Waals surface area contributed by atoms with Gasteiger partial charge in [-0.05, 0) is 65.6 Å². The Morgan fingerprint density at radius 1 is 0.645 bits per heavy atom. The van der Waals surface area contributed by atoms with Crippen LogP contribution in [0, 0.1) is 6.92 Å². The summed E-state index contributed by atoms with van der Waals surface area (Å²) in [5.41, 5.74) is 11.2. The first-order valence-electron chi connectivity index (χ1n) is 11.8. The smallest absolute Gasteiger partial charge is 0.0215 e. The minimum atomic E-state index is 0.124. The average molecular weight is 407 g/mol. The number of hydrogen-bond donors (Lipinski definition) is 0. The molecule has 3 aromatic carbocycles. The van der Waals surface area contributed by atoms with Crippen molar-refractivity contribution in [3.05, 3.63) is 100 Å². The van der Waals surface area contributed by atoms with Gasteiger partial charge < -0.3 is 0 Å². The van der Waals surface area contributed by atoms with E-state index in [9.17, 15) is 0 Å². The summed E-state index contributed by atoms with van der Waals surface area (Å²) in [4.78, 5) is 0. The molecule has 0 N–H and O–H groups in total. The predicted octanol–water partition coefficient (Wildman–Crippen LogP) is 9.07. The van der Waals surface area contributed by atoms with E-state index in [4.69, 9.17) is 0 Å². The molecule has 0 heterocycles. The van der Waals surface area contributed by atoms with Crippen molar-refractivity contribution in [1.29, 1.82) is 0 Å². The lowest BCUT2D eigenvalue weighted by atomic mass is 9.71. The summed E-state index contributed by atoms with van der Waals surface area (Å²) >= 11 is 0. The quantitative estimate of drug-likeness (QED) is 0.343. The molecule has 0 aliphatic heterocycles. The Bertz CT molecular complexity index is 1100. The van der Waals surface area contributed by atoms with Crippen LogP contribution in [0.4, 0.5) is 0 Å². The van der Waals surface area contributed by atoms with Gasteiger partial charge in [0, 0.05) is 5.41 Å². The molecule has 0 bridgehead atoms. The minimum Gasteiger partial charge on any atom is -0.0871 e. The molecule has 4 rings (SSSR count). The highest BCUT2D eigenvalue weighted by molar-refractivity contribution is 5.84. The Balaban J connectivity index is 1.81. The van der Waals surface area contributed by atoms with Crippen LogP contribution in [0.2, 0.25) is 0 Å². The van der Waals surface area contributed by atoms with Crippen LogP contribution >= 0.6 is 0 Å². The molecule has 0 fully saturated rings. The summed E-state index contributed by atoms with van der Waals surface area (Å²) in [7, 11) is 0. The molecule has 0 spiro atoms. The van der Waals surface area contributed by atoms with Crippen LogP contribution in [0.1, 0.15) is 79.8 Å². The second-order valence-electron chi connectivity index (χ2n) is 8.94. The molecule has 158 valence electrons. The molecule has 1 aliphatic rings. The molecule has 0 nitrogen and oxygen atoms in total. The molecular weight excluding hydrogens is 372 g/mol. The third-order valence-electron chi connectivity index (χ3n) is 6.67. The summed E-state index contributed by atoms with van der Waals surface area (Å²) in [6.45, 7) is 8.88. The zero-order chi connectivity index (χ0) is 21.8. The lowest BCUT2D eigenvalue weighted by Crippen LogP contribution is -2.25. The van der Waals surface area contributed by atoms with E-state index in [1.54, 1.807) is 0 Å². The lowest BCUT2D eigenvalue weighted by Gasteiger charge is -2.32. The molecule has 0 amide bonds. The van der Waals surface area contributed by atoms with Crippen molar-refractivity contribution < 1.29 is 0 Å². The van der Waals surface area contributed by atoms with Crippen LogP contribution in [0.15, 0.2) is 66.7 Å². The highest BCUT2D eigenvalue weighted by atomic mass is 14.4. The van der Waals surface area contributed by atoms with Crippen LogP contribution in [0.3, 0.4) is 0 Å². The van der Waals surface area contributed by atoms with Crippen molar-refractivity contribution in [3.8, 4) is 11.1 Å². The van der Waals surface area contributed by atoms with E-state index in [1.807, 2.05) is 0 Å². The van der Waals surface area contributed by atoms with Crippen molar-refractivity contribution >= 4 is 18.2 Å². The van der Waals surface area contributed by atoms with E-state index in [-0.39, 0.29) is 5.41 Å². The van der Waals surface area contributed by atoms with Crippen molar-refractivity contribution in [2.45, 2.75) is 58.8 Å². The number of allylic oxidation sites excluding steroid dienone is 1. The van der Waals surface area contributed by atoms with Crippen molar-refractivity contribution in [3.63, 3.8) is 0 Å². The Hall–Kier alpha value is -2.86. The monoisotopic (exact) mass is 406 g/mol. The fraction of sp³-hybridized carbons (Fsp3) is 0.290. The zero-order valence-electron chi connectivity index (χ0n) is 19.4. The van der Waals surface area contributed by atoms with Crippen molar-refractivity contribution in [2.24, 2.45) is 0 Å². The van der Waals surface area contributed by atoms with Gasteiger partial charge in [-0.3, -0.25) is 0 Å². The van der Waals surface area contributed by atoms with Crippen molar-refractivity contribution in [1.82, 2.24) is 0 Å². The van der Waals surface area contributed by atoms with Gasteiger partial charge >= 0.3 is 0 Å². The Labute approximate surface area is 188 Å². The predicted molar refractivity (Wildman–Crippen MR) is 137 cm³/mol. The second kappa shape index (κ2) is 9.10. The normalized spacial score (nSPS) is 14.3. The van der Waals surface area contributed by atoms with Crippen LogP contribution in [-0.4, -0.2) is 0 Å². The van der Waals surface area contributed by atoms with Gasteiger partial charge in [-0.1, -0.05) is 117 Å². The summed E-state index contributed by atoms with van der Waals surface area (Å²) < 4.78 is 0. The van der Waals surface area contributed by atoms with Gasteiger partial charge in [0.15, 0.2) is 0 Å². The van der Waals surface area contributed by atoms with Crippen molar-refractivity contribution in [2.75, 3.05) is 0 Å². The van der Waals surface area contributed by atoms with Gasteiger partial charge in [-0.25, -0.2) is 0 Å². The van der Waals surface area contributed by atoms with E-state index in [0.29, 0.717) is 0 Å². The summed E-state index contributed by atoms with van der Waals surface area (Å²) in [6, 6.07) is 22.9. The maximum atomic E-state index is 2.46. The Morgan fingerprint density at radius 2 is 1.13 bits per heavy atom. The van der Waals surface area contributed by atoms with Crippen LogP contribution < -0.4 is 0 Å². The largest absolute Gasteiger partial charge is 0.0871 e. The minimum absolute atomic E-state index is 0.124. The standard InChI is InChI=1S/C31H34/c1-5-8-25-15-17-27-28-18-16-26(14-13-24-11-9-23(4)10-12-24)22-30(28)31(19-6-2,20-7-3)29(27)21-25/h5,8-18,21-22H,6-7,19-20H2,1-4H3/b8-5+,14-13+. The maximum absolute atomic E-state index is 2.46. The van der Waals surface area contributed by atoms with E-state index in [0.717, 1.165) is 0 Å². The third-order valence-corrected chi connectivity index (χ3v) is 6.67. The van der Waals surface area contributed by atoms with Gasteiger partial charge in [-0.2, -0.15) is 0 Å². The maximum Gasteiger partial charge on any atom is 0.0215 e. The van der Waals surface area contributed by atoms with E-state index < -0.39 is 0 Å². The molecule has 0 heteroatoms. The molecule has 3 aromatic rings. The Morgan fingerprint density at radius 3 is 1.65 bits per heavy atom. The zero-order valence-corrected chi connectivity index (χ0v) is 19.4. The lowest BCUT2D eigenvalue weighted by molar-refractivity contribution is 0.435.